The predicted octanol–water partition coefficient (Wildman–Crippen LogP) is 2.12. The molecule has 5 nitrogen and oxygen atoms in total. The van der Waals surface area contributed by atoms with Gasteiger partial charge in [-0.15, -0.1) is 0 Å². The average molecular weight is 252 g/mol. The van der Waals surface area contributed by atoms with Crippen molar-refractivity contribution in [3.05, 3.63) is 35.9 Å². The summed E-state index contributed by atoms with van der Waals surface area (Å²) in [7, 11) is 0. The molecule has 0 unspecified atom stereocenters. The van der Waals surface area contributed by atoms with Crippen LogP contribution in [0.4, 0.5) is 0 Å². The first-order chi connectivity index (χ1) is 8.47. The quantitative estimate of drug-likeness (QED) is 0.456. The van der Waals surface area contributed by atoms with Gasteiger partial charge in [0.25, 0.3) is 0 Å². The number of carbonyl (C=O) groups is 2. The molecule has 1 aromatic carbocycles. The molecule has 0 fully saturated rings. The molecule has 0 aliphatic rings. The van der Waals surface area contributed by atoms with Gasteiger partial charge in [-0.1, -0.05) is 18.2 Å². The van der Waals surface area contributed by atoms with E-state index in [0.29, 0.717) is 5.56 Å². The van der Waals surface area contributed by atoms with Crippen LogP contribution in [0, 0.1) is 0 Å². The van der Waals surface area contributed by atoms with Crippen LogP contribution in [0.3, 0.4) is 0 Å². The molecule has 0 aliphatic carbocycles. The summed E-state index contributed by atoms with van der Waals surface area (Å²) in [4.78, 5) is 32.5. The summed E-state index contributed by atoms with van der Waals surface area (Å²) in [6, 6.07) is 8.35. The van der Waals surface area contributed by atoms with Crippen molar-refractivity contribution in [3.63, 3.8) is 0 Å². The van der Waals surface area contributed by atoms with Crippen molar-refractivity contribution in [1.82, 2.24) is 0 Å². The number of esters is 1. The SMILES string of the molecule is CCOC(=O)C(C)(C)OOC(=O)c1ccccc1. The molecule has 1 rings (SSSR count). The molecule has 0 aliphatic heterocycles. The standard InChI is InChI=1S/C13H16O5/c1-4-16-12(15)13(2,3)18-17-11(14)10-8-6-5-7-9-10/h5-9H,4H2,1-3H3. The molecule has 98 valence electrons. The minimum absolute atomic E-state index is 0.234. The van der Waals surface area contributed by atoms with Crippen molar-refractivity contribution >= 4 is 11.9 Å². The van der Waals surface area contributed by atoms with E-state index in [9.17, 15) is 9.59 Å². The molecule has 0 radical (unpaired) electrons. The second-order valence-electron chi connectivity index (χ2n) is 4.05. The van der Waals surface area contributed by atoms with Crippen LogP contribution in [0.2, 0.25) is 0 Å². The molecule has 0 N–H and O–H groups in total. The second-order valence-corrected chi connectivity index (χ2v) is 4.05. The lowest BCUT2D eigenvalue weighted by molar-refractivity contribution is -0.303. The lowest BCUT2D eigenvalue weighted by Crippen LogP contribution is -2.37. The van der Waals surface area contributed by atoms with Crippen LogP contribution in [-0.4, -0.2) is 24.1 Å². The third-order valence-corrected chi connectivity index (χ3v) is 2.10. The Balaban J connectivity index is 2.55. The molecule has 1 aromatic rings. The van der Waals surface area contributed by atoms with Crippen molar-refractivity contribution in [3.8, 4) is 0 Å². The first-order valence-electron chi connectivity index (χ1n) is 5.59. The van der Waals surface area contributed by atoms with Crippen LogP contribution in [0.25, 0.3) is 0 Å². The number of rotatable bonds is 5. The molecule has 0 aromatic heterocycles. The monoisotopic (exact) mass is 252 g/mol. The molecule has 0 amide bonds. The van der Waals surface area contributed by atoms with Crippen LogP contribution < -0.4 is 0 Å². The number of hydrogen-bond acceptors (Lipinski definition) is 5. The number of ether oxygens (including phenoxy) is 1. The van der Waals surface area contributed by atoms with Gasteiger partial charge in [-0.05, 0) is 32.9 Å². The summed E-state index contributed by atoms with van der Waals surface area (Å²) in [6.07, 6.45) is 0. The van der Waals surface area contributed by atoms with Gasteiger partial charge in [-0.25, -0.2) is 9.59 Å². The molecule has 0 saturated heterocycles. The van der Waals surface area contributed by atoms with Gasteiger partial charge in [0.2, 0.25) is 5.60 Å². The van der Waals surface area contributed by atoms with Gasteiger partial charge in [-0.3, -0.25) is 4.89 Å². The van der Waals surface area contributed by atoms with Crippen molar-refractivity contribution in [2.75, 3.05) is 6.61 Å². The molecule has 18 heavy (non-hydrogen) atoms. The fourth-order valence-corrected chi connectivity index (χ4v) is 1.10. The van der Waals surface area contributed by atoms with Gasteiger partial charge < -0.3 is 4.74 Å². The zero-order chi connectivity index (χ0) is 13.6. The molecule has 0 spiro atoms. The Morgan fingerprint density at radius 3 is 2.33 bits per heavy atom. The van der Waals surface area contributed by atoms with E-state index in [2.05, 4.69) is 4.89 Å². The van der Waals surface area contributed by atoms with Gasteiger partial charge in [0.05, 0.1) is 12.2 Å². The number of hydrogen-bond donors (Lipinski definition) is 0. The van der Waals surface area contributed by atoms with Gasteiger partial charge >= 0.3 is 11.9 Å². The maximum atomic E-state index is 11.6. The van der Waals surface area contributed by atoms with E-state index in [1.165, 1.54) is 13.8 Å². The fraction of sp³-hybridized carbons (Fsp3) is 0.385. The lowest BCUT2D eigenvalue weighted by Gasteiger charge is -2.20. The Kier molecular flexibility index (Phi) is 4.85. The van der Waals surface area contributed by atoms with E-state index in [1.54, 1.807) is 37.3 Å². The van der Waals surface area contributed by atoms with Gasteiger partial charge in [-0.2, -0.15) is 4.89 Å². The van der Waals surface area contributed by atoms with Gasteiger partial charge in [0, 0.05) is 0 Å². The van der Waals surface area contributed by atoms with Crippen molar-refractivity contribution in [2.24, 2.45) is 0 Å². The smallest absolute Gasteiger partial charge is 0.373 e. The van der Waals surface area contributed by atoms with E-state index in [0.717, 1.165) is 0 Å². The summed E-state index contributed by atoms with van der Waals surface area (Å²) >= 11 is 0. The Labute approximate surface area is 106 Å². The summed E-state index contributed by atoms with van der Waals surface area (Å²) in [5.41, 5.74) is -0.988. The van der Waals surface area contributed by atoms with Crippen LogP contribution in [0.15, 0.2) is 30.3 Å². The van der Waals surface area contributed by atoms with Crippen LogP contribution in [0.1, 0.15) is 31.1 Å². The average Bonchev–Trinajstić information content (AvgIpc) is 2.37. The van der Waals surface area contributed by atoms with Crippen LogP contribution >= 0.6 is 0 Å². The Morgan fingerprint density at radius 1 is 1.17 bits per heavy atom. The normalized spacial score (nSPS) is 10.8. The van der Waals surface area contributed by atoms with E-state index < -0.39 is 17.5 Å². The largest absolute Gasteiger partial charge is 0.464 e. The zero-order valence-electron chi connectivity index (χ0n) is 10.6. The molecule has 0 heterocycles. The highest BCUT2D eigenvalue weighted by Crippen LogP contribution is 2.13. The molecular formula is C13H16O5. The van der Waals surface area contributed by atoms with Crippen LogP contribution in [0.5, 0.6) is 0 Å². The van der Waals surface area contributed by atoms with Crippen molar-refractivity contribution in [1.29, 1.82) is 0 Å². The minimum Gasteiger partial charge on any atom is -0.464 e. The fourth-order valence-electron chi connectivity index (χ4n) is 1.10. The molecule has 0 saturated carbocycles. The van der Waals surface area contributed by atoms with E-state index in [1.807, 2.05) is 0 Å². The molecular weight excluding hydrogens is 236 g/mol. The summed E-state index contributed by atoms with van der Waals surface area (Å²) < 4.78 is 4.79. The second kappa shape index (κ2) is 6.16. The van der Waals surface area contributed by atoms with Gasteiger partial charge in [0.15, 0.2) is 0 Å². The first-order valence-corrected chi connectivity index (χ1v) is 5.59. The zero-order valence-corrected chi connectivity index (χ0v) is 10.6. The van der Waals surface area contributed by atoms with E-state index in [-0.39, 0.29) is 6.61 Å². The van der Waals surface area contributed by atoms with Crippen molar-refractivity contribution in [2.45, 2.75) is 26.4 Å². The summed E-state index contributed by atoms with van der Waals surface area (Å²) in [6.45, 7) is 4.84. The molecule has 0 atom stereocenters. The summed E-state index contributed by atoms with van der Waals surface area (Å²) in [5, 5.41) is 0. The Morgan fingerprint density at radius 2 is 1.78 bits per heavy atom. The highest BCUT2D eigenvalue weighted by atomic mass is 17.2. The Bertz CT molecular complexity index is 411. The predicted molar refractivity (Wildman–Crippen MR) is 63.7 cm³/mol. The van der Waals surface area contributed by atoms with E-state index >= 15 is 0 Å². The lowest BCUT2D eigenvalue weighted by atomic mass is 10.1. The van der Waals surface area contributed by atoms with Crippen LogP contribution in [-0.2, 0) is 19.3 Å². The summed E-state index contributed by atoms with van der Waals surface area (Å²) in [5.74, 6) is -1.25. The minimum atomic E-state index is -1.33. The highest BCUT2D eigenvalue weighted by molar-refractivity contribution is 5.89. The third-order valence-electron chi connectivity index (χ3n) is 2.10. The highest BCUT2D eigenvalue weighted by Gasteiger charge is 2.33. The number of benzene rings is 1. The number of carbonyl (C=O) groups excluding carboxylic acids is 2. The third kappa shape index (κ3) is 3.85. The van der Waals surface area contributed by atoms with E-state index in [4.69, 9.17) is 9.62 Å². The molecule has 5 heteroatoms. The maximum Gasteiger partial charge on any atom is 0.373 e. The van der Waals surface area contributed by atoms with Gasteiger partial charge in [0.1, 0.15) is 0 Å². The topological polar surface area (TPSA) is 61.8 Å². The Hall–Kier alpha value is -1.88. The maximum absolute atomic E-state index is 11.6. The van der Waals surface area contributed by atoms with Crippen molar-refractivity contribution < 1.29 is 24.1 Å². The molecule has 0 bridgehead atoms. The first kappa shape index (κ1) is 14.2.